The molecule has 96 valence electrons. The maximum atomic E-state index is 11.4. The van der Waals surface area contributed by atoms with E-state index < -0.39 is 16.2 Å². The van der Waals surface area contributed by atoms with Crippen molar-refractivity contribution in [1.82, 2.24) is 14.3 Å². The molecule has 0 aliphatic rings. The molecule has 2 N–H and O–H groups in total. The lowest BCUT2D eigenvalue weighted by molar-refractivity contribution is 0.0973. The first-order chi connectivity index (χ1) is 8.26. The van der Waals surface area contributed by atoms with E-state index in [4.69, 9.17) is 27.8 Å². The number of carbonyl (C=O) groups excluding carboxylic acids is 1. The van der Waals surface area contributed by atoms with Crippen molar-refractivity contribution in [2.24, 2.45) is 0 Å². The molecule has 0 atom stereocenters. The van der Waals surface area contributed by atoms with Crippen LogP contribution in [0, 0.1) is 0 Å². The highest BCUT2D eigenvalue weighted by molar-refractivity contribution is 7.84. The number of carbonyl (C=O) groups is 1. The largest absolute Gasteiger partial charge is 0.360 e. The number of rotatable bonds is 2. The molecule has 2 aromatic rings. The number of nitrogens with one attached hydrogen (secondary N) is 1. The average Bonchev–Trinajstić information content (AvgIpc) is 2.58. The number of fused-ring (bicyclic) bond motifs is 1. The van der Waals surface area contributed by atoms with Crippen molar-refractivity contribution in [2.45, 2.75) is 0 Å². The van der Waals surface area contributed by atoms with Gasteiger partial charge in [0.15, 0.2) is 5.69 Å². The average molecular weight is 310 g/mol. The molecule has 0 bridgehead atoms. The van der Waals surface area contributed by atoms with Gasteiger partial charge in [-0.25, -0.2) is 9.24 Å². The van der Waals surface area contributed by atoms with Gasteiger partial charge >= 0.3 is 10.3 Å². The van der Waals surface area contributed by atoms with Gasteiger partial charge in [-0.15, -0.1) is 0 Å². The van der Waals surface area contributed by atoms with Gasteiger partial charge in [-0.05, 0) is 18.2 Å². The zero-order valence-electron chi connectivity index (χ0n) is 8.46. The predicted molar refractivity (Wildman–Crippen MR) is 64.2 cm³/mol. The lowest BCUT2D eigenvalue weighted by atomic mass is 10.3. The van der Waals surface area contributed by atoms with E-state index in [2.05, 4.69) is 5.10 Å². The topological polar surface area (TPSA) is 101 Å². The maximum Gasteiger partial charge on any atom is 0.360 e. The van der Waals surface area contributed by atoms with E-state index in [1.807, 2.05) is 0 Å². The molecule has 0 spiro atoms. The van der Waals surface area contributed by atoms with Crippen LogP contribution in [-0.4, -0.2) is 28.5 Å². The zero-order valence-corrected chi connectivity index (χ0v) is 10.8. The molecule has 0 aliphatic carbocycles. The van der Waals surface area contributed by atoms with Gasteiger partial charge < -0.3 is 0 Å². The fourth-order valence-corrected chi connectivity index (χ4v) is 2.17. The van der Waals surface area contributed by atoms with Crippen molar-refractivity contribution < 1.29 is 17.8 Å². The van der Waals surface area contributed by atoms with E-state index in [1.165, 1.54) is 27.4 Å². The summed E-state index contributed by atoms with van der Waals surface area (Å²) in [4.78, 5) is 11.4. The van der Waals surface area contributed by atoms with Crippen LogP contribution in [0.3, 0.4) is 0 Å². The van der Waals surface area contributed by atoms with Gasteiger partial charge in [-0.1, -0.05) is 23.2 Å². The van der Waals surface area contributed by atoms with Crippen molar-refractivity contribution in [3.05, 3.63) is 34.1 Å². The van der Waals surface area contributed by atoms with E-state index in [9.17, 15) is 13.2 Å². The smallest absolute Gasteiger partial charge is 0.269 e. The number of amides is 1. The molecule has 0 radical (unpaired) electrons. The Balaban J connectivity index is 2.48. The van der Waals surface area contributed by atoms with E-state index >= 15 is 0 Å². The Hall–Kier alpha value is -1.35. The van der Waals surface area contributed by atoms with E-state index in [0.717, 1.165) is 0 Å². The Labute approximate surface area is 111 Å². The molecular formula is C8H5Cl2N3O4S. The molecule has 0 fully saturated rings. The Morgan fingerprint density at radius 3 is 2.61 bits per heavy atom. The molecule has 2 heterocycles. The van der Waals surface area contributed by atoms with Gasteiger partial charge in [0, 0.05) is 5.02 Å². The molecule has 2 rings (SSSR count). The third-order valence-electron chi connectivity index (χ3n) is 1.94. The lowest BCUT2D eigenvalue weighted by Crippen LogP contribution is -2.30. The number of hydrogen-bond acceptors (Lipinski definition) is 4. The van der Waals surface area contributed by atoms with Gasteiger partial charge in [0.25, 0.3) is 5.91 Å². The molecule has 1 amide bonds. The molecule has 0 unspecified atom stereocenters. The maximum absolute atomic E-state index is 11.4. The molecule has 0 aliphatic heterocycles. The van der Waals surface area contributed by atoms with Crippen LogP contribution in [0.4, 0.5) is 0 Å². The summed E-state index contributed by atoms with van der Waals surface area (Å²) >= 11 is 11.6. The summed E-state index contributed by atoms with van der Waals surface area (Å²) in [6, 6.07) is 4.18. The molecule has 2 aromatic heterocycles. The minimum atomic E-state index is -4.64. The van der Waals surface area contributed by atoms with Crippen LogP contribution in [0.5, 0.6) is 0 Å². The second-order valence-electron chi connectivity index (χ2n) is 3.27. The lowest BCUT2D eigenvalue weighted by Gasteiger charge is -1.97. The van der Waals surface area contributed by atoms with E-state index in [1.54, 1.807) is 0 Å². The minimum Gasteiger partial charge on any atom is -0.269 e. The predicted octanol–water partition coefficient (Wildman–Crippen LogP) is 1.17. The number of nitrogens with zero attached hydrogens (tertiary/aromatic N) is 2. The Kier molecular flexibility index (Phi) is 3.20. The normalized spacial score (nSPS) is 11.7. The summed E-state index contributed by atoms with van der Waals surface area (Å²) in [6.45, 7) is 0. The molecule has 0 saturated carbocycles. The highest BCUT2D eigenvalue weighted by Crippen LogP contribution is 2.20. The van der Waals surface area contributed by atoms with Crippen LogP contribution in [0.1, 0.15) is 10.5 Å². The molecule has 0 saturated heterocycles. The molecule has 0 aromatic carbocycles. The van der Waals surface area contributed by atoms with Crippen LogP contribution in [0.15, 0.2) is 18.2 Å². The van der Waals surface area contributed by atoms with Crippen molar-refractivity contribution in [3.8, 4) is 0 Å². The third-order valence-corrected chi connectivity index (χ3v) is 2.87. The number of halogens is 2. The zero-order chi connectivity index (χ0) is 13.5. The standard InChI is InChI=1S/C8H5Cl2N3O4S/c9-4-1-5-3-6(8(14)12-18(15,16)17)11-13(5)7(10)2-4/h1-3H,(H,12,14)(H,15,16,17). The quantitative estimate of drug-likeness (QED) is 0.640. The molecular weight excluding hydrogens is 305 g/mol. The monoisotopic (exact) mass is 309 g/mol. The first-order valence-electron chi connectivity index (χ1n) is 4.40. The summed E-state index contributed by atoms with van der Waals surface area (Å²) in [7, 11) is -4.64. The second kappa shape index (κ2) is 4.39. The van der Waals surface area contributed by atoms with Gasteiger partial charge in [-0.2, -0.15) is 13.5 Å². The number of aromatic nitrogens is 2. The molecule has 7 nitrogen and oxygen atoms in total. The number of pyridine rings is 1. The van der Waals surface area contributed by atoms with Crippen LogP contribution in [0.2, 0.25) is 10.2 Å². The first-order valence-corrected chi connectivity index (χ1v) is 6.60. The second-order valence-corrected chi connectivity index (χ2v) is 5.25. The Morgan fingerprint density at radius 2 is 2.00 bits per heavy atom. The van der Waals surface area contributed by atoms with Gasteiger partial charge in [0.05, 0.1) is 5.52 Å². The van der Waals surface area contributed by atoms with Crippen LogP contribution in [-0.2, 0) is 10.3 Å². The summed E-state index contributed by atoms with van der Waals surface area (Å²) in [5.41, 5.74) is 0.185. The Morgan fingerprint density at radius 1 is 1.33 bits per heavy atom. The molecule has 18 heavy (non-hydrogen) atoms. The summed E-state index contributed by atoms with van der Waals surface area (Å²) < 4.78 is 32.0. The highest BCUT2D eigenvalue weighted by atomic mass is 35.5. The Bertz CT molecular complexity index is 740. The van der Waals surface area contributed by atoms with Gasteiger partial charge in [-0.3, -0.25) is 9.35 Å². The van der Waals surface area contributed by atoms with E-state index in [0.29, 0.717) is 10.5 Å². The minimum absolute atomic E-state index is 0.156. The van der Waals surface area contributed by atoms with Crippen LogP contribution >= 0.6 is 23.2 Å². The van der Waals surface area contributed by atoms with Gasteiger partial charge in [0.2, 0.25) is 0 Å². The third kappa shape index (κ3) is 2.72. The molecule has 10 heteroatoms. The first kappa shape index (κ1) is 13.1. The summed E-state index contributed by atoms with van der Waals surface area (Å²) in [6.07, 6.45) is 0. The highest BCUT2D eigenvalue weighted by Gasteiger charge is 2.17. The van der Waals surface area contributed by atoms with Crippen molar-refractivity contribution in [2.75, 3.05) is 0 Å². The fraction of sp³-hybridized carbons (Fsp3) is 0. The van der Waals surface area contributed by atoms with Crippen LogP contribution in [0.25, 0.3) is 5.52 Å². The van der Waals surface area contributed by atoms with Gasteiger partial charge in [0.1, 0.15) is 5.15 Å². The van der Waals surface area contributed by atoms with Crippen molar-refractivity contribution in [1.29, 1.82) is 0 Å². The summed E-state index contributed by atoms with van der Waals surface area (Å²) in [5, 5.41) is 4.27. The van der Waals surface area contributed by atoms with Crippen molar-refractivity contribution in [3.63, 3.8) is 0 Å². The number of hydrogen-bond donors (Lipinski definition) is 2. The van der Waals surface area contributed by atoms with Crippen molar-refractivity contribution >= 4 is 44.9 Å². The van der Waals surface area contributed by atoms with E-state index in [-0.39, 0.29) is 10.8 Å². The SMILES string of the molecule is O=C(NS(=O)(=O)O)c1cc2cc(Cl)cc(Cl)n2n1. The van der Waals surface area contributed by atoms with Crippen LogP contribution < -0.4 is 4.72 Å². The summed E-state index contributed by atoms with van der Waals surface area (Å²) in [5.74, 6) is -1.08. The fourth-order valence-electron chi connectivity index (χ4n) is 1.31.